The molecule has 3 aromatic rings. The number of nitrogens with one attached hydrogen (secondary N) is 1. The molecule has 2 aromatic carbocycles. The number of benzene rings is 2. The van der Waals surface area contributed by atoms with Crippen molar-refractivity contribution in [3.63, 3.8) is 0 Å². The molecule has 0 aliphatic carbocycles. The summed E-state index contributed by atoms with van der Waals surface area (Å²) in [7, 11) is -1.08. The fourth-order valence-corrected chi connectivity index (χ4v) is 3.79. The number of hydrogen-bond donors (Lipinski definition) is 1. The van der Waals surface area contributed by atoms with E-state index in [0.717, 1.165) is 39.3 Å². The molecule has 2 heterocycles. The molecule has 170 valence electrons. The summed E-state index contributed by atoms with van der Waals surface area (Å²) in [6, 6.07) is 8.53. The molecule has 1 saturated heterocycles. The summed E-state index contributed by atoms with van der Waals surface area (Å²) >= 11 is 6.25. The SMILES string of the molecule is [2H]C([2H])([2H])Oc1cc2ncnc(Nc3ccc(OC)c(Cl)c3)c2cc1OCCCN1CCOCC1. The van der Waals surface area contributed by atoms with E-state index in [1.54, 1.807) is 31.4 Å². The highest BCUT2D eigenvalue weighted by atomic mass is 35.5. The maximum absolute atomic E-state index is 7.53. The van der Waals surface area contributed by atoms with Crippen LogP contribution in [0.3, 0.4) is 0 Å². The van der Waals surface area contributed by atoms with Crippen molar-refractivity contribution in [2.75, 3.05) is 58.9 Å². The summed E-state index contributed by atoms with van der Waals surface area (Å²) in [4.78, 5) is 10.9. The number of halogens is 1. The van der Waals surface area contributed by atoms with E-state index in [9.17, 15) is 0 Å². The van der Waals surface area contributed by atoms with E-state index in [1.807, 2.05) is 6.07 Å². The van der Waals surface area contributed by atoms with Crippen LogP contribution in [0, 0.1) is 0 Å². The molecule has 1 aliphatic rings. The van der Waals surface area contributed by atoms with Crippen LogP contribution in [0.25, 0.3) is 10.9 Å². The number of rotatable bonds is 9. The molecule has 0 unspecified atom stereocenters. The number of ether oxygens (including phenoxy) is 4. The van der Waals surface area contributed by atoms with Gasteiger partial charge in [-0.3, -0.25) is 4.90 Å². The molecule has 1 aromatic heterocycles. The minimum absolute atomic E-state index is 0.0982. The van der Waals surface area contributed by atoms with E-state index >= 15 is 0 Å². The second-order valence-electron chi connectivity index (χ2n) is 7.27. The topological polar surface area (TPSA) is 78.0 Å². The smallest absolute Gasteiger partial charge is 0.162 e. The van der Waals surface area contributed by atoms with Gasteiger partial charge >= 0.3 is 0 Å². The second kappa shape index (κ2) is 10.7. The van der Waals surface area contributed by atoms with E-state index in [0.29, 0.717) is 45.5 Å². The highest BCUT2D eigenvalue weighted by molar-refractivity contribution is 6.32. The summed E-state index contributed by atoms with van der Waals surface area (Å²) < 4.78 is 44.4. The second-order valence-corrected chi connectivity index (χ2v) is 7.68. The predicted molar refractivity (Wildman–Crippen MR) is 125 cm³/mol. The Morgan fingerprint density at radius 3 is 2.78 bits per heavy atom. The highest BCUT2D eigenvalue weighted by Gasteiger charge is 2.14. The molecule has 0 bridgehead atoms. The van der Waals surface area contributed by atoms with Crippen LogP contribution in [-0.2, 0) is 4.74 Å². The first-order chi connectivity index (χ1) is 16.8. The maximum Gasteiger partial charge on any atom is 0.162 e. The van der Waals surface area contributed by atoms with Gasteiger partial charge in [-0.25, -0.2) is 9.97 Å². The van der Waals surface area contributed by atoms with E-state index in [-0.39, 0.29) is 5.75 Å². The monoisotopic (exact) mass is 461 g/mol. The molecule has 4 rings (SSSR count). The van der Waals surface area contributed by atoms with E-state index in [4.69, 9.17) is 34.7 Å². The third-order valence-electron chi connectivity index (χ3n) is 5.21. The van der Waals surface area contributed by atoms with Crippen molar-refractivity contribution in [3.05, 3.63) is 41.7 Å². The van der Waals surface area contributed by atoms with Gasteiger partial charge in [0.15, 0.2) is 11.5 Å². The van der Waals surface area contributed by atoms with Gasteiger partial charge in [-0.1, -0.05) is 11.6 Å². The van der Waals surface area contributed by atoms with Gasteiger partial charge in [-0.15, -0.1) is 0 Å². The molecule has 0 amide bonds. The number of methoxy groups -OCH3 is 2. The van der Waals surface area contributed by atoms with Gasteiger partial charge in [-0.2, -0.15) is 0 Å². The van der Waals surface area contributed by atoms with E-state index in [2.05, 4.69) is 20.2 Å². The lowest BCUT2D eigenvalue weighted by Gasteiger charge is -2.26. The van der Waals surface area contributed by atoms with Crippen LogP contribution >= 0.6 is 11.6 Å². The molecular weight excluding hydrogens is 432 g/mol. The van der Waals surface area contributed by atoms with Gasteiger partial charge in [0.25, 0.3) is 0 Å². The number of morpholine rings is 1. The normalized spacial score (nSPS) is 16.1. The highest BCUT2D eigenvalue weighted by Crippen LogP contribution is 2.35. The zero-order valence-corrected chi connectivity index (χ0v) is 18.5. The average Bonchev–Trinajstić information content (AvgIpc) is 2.82. The van der Waals surface area contributed by atoms with Crippen LogP contribution in [0.2, 0.25) is 5.02 Å². The first-order valence-corrected chi connectivity index (χ1v) is 10.7. The number of aromatic nitrogens is 2. The molecule has 1 N–H and O–H groups in total. The summed E-state index contributed by atoms with van der Waals surface area (Å²) in [5.74, 6) is 1.47. The summed E-state index contributed by atoms with van der Waals surface area (Å²) in [5.41, 5.74) is 1.20. The van der Waals surface area contributed by atoms with Crippen LogP contribution in [0.4, 0.5) is 11.5 Å². The minimum atomic E-state index is -2.63. The van der Waals surface area contributed by atoms with Gasteiger partial charge in [0.2, 0.25) is 0 Å². The molecule has 0 spiro atoms. The predicted octanol–water partition coefficient (Wildman–Crippen LogP) is 4.15. The first-order valence-electron chi connectivity index (χ1n) is 11.8. The molecule has 0 radical (unpaired) electrons. The van der Waals surface area contributed by atoms with Crippen LogP contribution < -0.4 is 19.5 Å². The summed E-state index contributed by atoms with van der Waals surface area (Å²) in [6.07, 6.45) is 2.16. The molecule has 32 heavy (non-hydrogen) atoms. The Labute approximate surface area is 196 Å². The van der Waals surface area contributed by atoms with Crippen molar-refractivity contribution in [2.45, 2.75) is 6.42 Å². The van der Waals surface area contributed by atoms with Crippen molar-refractivity contribution in [1.29, 1.82) is 0 Å². The first kappa shape index (κ1) is 18.7. The quantitative estimate of drug-likeness (QED) is 0.476. The molecule has 1 fully saturated rings. The molecule has 8 nitrogen and oxygen atoms in total. The van der Waals surface area contributed by atoms with Crippen LogP contribution in [-0.4, -0.2) is 68.5 Å². The lowest BCUT2D eigenvalue weighted by molar-refractivity contribution is 0.0357. The Morgan fingerprint density at radius 2 is 2.00 bits per heavy atom. The number of anilines is 2. The fourth-order valence-electron chi connectivity index (χ4n) is 3.53. The van der Waals surface area contributed by atoms with Crippen molar-refractivity contribution >= 4 is 34.0 Å². The Kier molecular flexibility index (Phi) is 6.25. The Morgan fingerprint density at radius 1 is 1.12 bits per heavy atom. The Bertz CT molecular complexity index is 1160. The van der Waals surface area contributed by atoms with E-state index in [1.165, 1.54) is 6.33 Å². The van der Waals surface area contributed by atoms with Gasteiger partial charge < -0.3 is 24.3 Å². The average molecular weight is 462 g/mol. The number of nitrogens with zero attached hydrogens (tertiary/aromatic N) is 3. The van der Waals surface area contributed by atoms with Crippen LogP contribution in [0.5, 0.6) is 17.2 Å². The molecular formula is C23H27ClN4O4. The zero-order valence-electron chi connectivity index (χ0n) is 20.8. The van der Waals surface area contributed by atoms with Crippen molar-refractivity contribution in [2.24, 2.45) is 0 Å². The molecule has 0 atom stereocenters. The van der Waals surface area contributed by atoms with Gasteiger partial charge in [0, 0.05) is 36.8 Å². The fraction of sp³-hybridized carbons (Fsp3) is 0.391. The zero-order chi connectivity index (χ0) is 24.8. The third-order valence-corrected chi connectivity index (χ3v) is 5.50. The van der Waals surface area contributed by atoms with Gasteiger partial charge in [-0.05, 0) is 30.7 Å². The van der Waals surface area contributed by atoms with Crippen molar-refractivity contribution < 1.29 is 23.1 Å². The van der Waals surface area contributed by atoms with Crippen molar-refractivity contribution in [3.8, 4) is 17.2 Å². The van der Waals surface area contributed by atoms with Crippen LogP contribution in [0.1, 0.15) is 10.5 Å². The van der Waals surface area contributed by atoms with E-state index < -0.39 is 7.04 Å². The maximum atomic E-state index is 7.53. The third kappa shape index (κ3) is 5.32. The van der Waals surface area contributed by atoms with Gasteiger partial charge in [0.05, 0.1) is 48.6 Å². The standard InChI is InChI=1S/C23H27ClN4O4/c1-29-20-5-4-16(12-18(20)24)27-23-17-13-22(21(30-2)14-19(17)25-15-26-23)32-9-3-6-28-7-10-31-11-8-28/h4-5,12-15H,3,6-11H2,1-2H3,(H,25,26,27)/i2D3. The Hall–Kier alpha value is -2.81. The summed E-state index contributed by atoms with van der Waals surface area (Å²) in [5, 5.41) is 4.32. The molecule has 0 saturated carbocycles. The van der Waals surface area contributed by atoms with Crippen LogP contribution in [0.15, 0.2) is 36.7 Å². The lowest BCUT2D eigenvalue weighted by Crippen LogP contribution is -2.37. The van der Waals surface area contributed by atoms with Crippen molar-refractivity contribution in [1.82, 2.24) is 14.9 Å². The van der Waals surface area contributed by atoms with Gasteiger partial charge in [0.1, 0.15) is 17.9 Å². The number of hydrogen-bond acceptors (Lipinski definition) is 8. The largest absolute Gasteiger partial charge is 0.495 e. The number of fused-ring (bicyclic) bond motifs is 1. The lowest BCUT2D eigenvalue weighted by atomic mass is 10.2. The molecule has 1 aliphatic heterocycles. The summed E-state index contributed by atoms with van der Waals surface area (Å²) in [6.45, 7) is 4.51. The minimum Gasteiger partial charge on any atom is -0.495 e. The Balaban J connectivity index is 1.57. The molecule has 9 heteroatoms.